The maximum Gasteiger partial charge on any atom is 0.261 e. The molecule has 0 aliphatic heterocycles. The summed E-state index contributed by atoms with van der Waals surface area (Å²) in [5.41, 5.74) is 3.68. The molecule has 0 aromatic carbocycles. The number of carbonyl (C=O) groups is 1. The molecule has 0 saturated carbocycles. The van der Waals surface area contributed by atoms with Gasteiger partial charge in [0.15, 0.2) is 10.9 Å². The van der Waals surface area contributed by atoms with Gasteiger partial charge in [0.1, 0.15) is 0 Å². The number of hydrogen-bond acceptors (Lipinski definition) is 6. The zero-order valence-corrected chi connectivity index (χ0v) is 12.4. The number of thiazole rings is 1. The first-order valence-corrected chi connectivity index (χ1v) is 6.99. The molecule has 0 spiro atoms. The molecule has 106 valence electrons. The third kappa shape index (κ3) is 3.12. The fourth-order valence-electron chi connectivity index (χ4n) is 1.54. The van der Waals surface area contributed by atoms with Crippen molar-refractivity contribution >= 4 is 28.2 Å². The Bertz CT molecular complexity index is 617. The molecule has 2 aromatic rings. The number of hydrogen-bond donors (Lipinski definition) is 3. The van der Waals surface area contributed by atoms with Crippen LogP contribution in [0.25, 0.3) is 0 Å². The summed E-state index contributed by atoms with van der Waals surface area (Å²) in [4.78, 5) is 20.6. The molecule has 1 amide bonds. The predicted octanol–water partition coefficient (Wildman–Crippen LogP) is 2.37. The monoisotopic (exact) mass is 291 g/mol. The van der Waals surface area contributed by atoms with Crippen molar-refractivity contribution in [2.45, 2.75) is 26.2 Å². The Morgan fingerprint density at radius 2 is 2.15 bits per heavy atom. The molecule has 0 unspecified atom stereocenters. The van der Waals surface area contributed by atoms with Crippen LogP contribution in [-0.2, 0) is 5.41 Å². The lowest BCUT2D eigenvalue weighted by Gasteiger charge is -2.14. The number of nitrogens with zero attached hydrogens (tertiary/aromatic N) is 2. The van der Waals surface area contributed by atoms with Crippen LogP contribution in [0, 0.1) is 0 Å². The first-order valence-electron chi connectivity index (χ1n) is 6.11. The number of rotatable bonds is 3. The fourth-order valence-corrected chi connectivity index (χ4v) is 2.48. The standard InChI is InChI=1S/C13H17N5OS/c1-13(2,3)9-7-20-12(16-9)17-11(19)8-5-4-6-15-10(8)18-14/h4-7H,14H2,1-3H3,(H,15,18)(H,16,17,19). The average molecular weight is 291 g/mol. The van der Waals surface area contributed by atoms with Crippen LogP contribution in [0.5, 0.6) is 0 Å². The highest BCUT2D eigenvalue weighted by atomic mass is 32.1. The topological polar surface area (TPSA) is 92.9 Å². The van der Waals surface area contributed by atoms with Gasteiger partial charge in [0.05, 0.1) is 11.3 Å². The number of nitrogens with two attached hydrogens (primary N) is 1. The molecule has 4 N–H and O–H groups in total. The Kier molecular flexibility index (Phi) is 4.01. The van der Waals surface area contributed by atoms with Gasteiger partial charge in [-0.2, -0.15) is 0 Å². The highest BCUT2D eigenvalue weighted by Gasteiger charge is 2.19. The molecular weight excluding hydrogens is 274 g/mol. The highest BCUT2D eigenvalue weighted by Crippen LogP contribution is 2.26. The number of carbonyl (C=O) groups excluding carboxylic acids is 1. The zero-order valence-electron chi connectivity index (χ0n) is 11.6. The van der Waals surface area contributed by atoms with Gasteiger partial charge in [-0.25, -0.2) is 15.8 Å². The number of aromatic nitrogens is 2. The van der Waals surface area contributed by atoms with Crippen LogP contribution in [0.1, 0.15) is 36.8 Å². The normalized spacial score (nSPS) is 11.2. The molecule has 0 atom stereocenters. The van der Waals surface area contributed by atoms with E-state index in [4.69, 9.17) is 5.84 Å². The number of pyridine rings is 1. The summed E-state index contributed by atoms with van der Waals surface area (Å²) < 4.78 is 0. The van der Waals surface area contributed by atoms with Crippen molar-refractivity contribution in [3.8, 4) is 0 Å². The molecule has 2 heterocycles. The van der Waals surface area contributed by atoms with Crippen LogP contribution in [0.15, 0.2) is 23.7 Å². The summed E-state index contributed by atoms with van der Waals surface area (Å²) in [5, 5.41) is 5.27. The van der Waals surface area contributed by atoms with E-state index in [0.717, 1.165) is 5.69 Å². The quantitative estimate of drug-likeness (QED) is 0.596. The molecule has 0 saturated heterocycles. The van der Waals surface area contributed by atoms with Gasteiger partial charge >= 0.3 is 0 Å². The van der Waals surface area contributed by atoms with Gasteiger partial charge in [0.2, 0.25) is 0 Å². The summed E-state index contributed by atoms with van der Waals surface area (Å²) in [5.74, 6) is 5.38. The minimum absolute atomic E-state index is 0.0439. The van der Waals surface area contributed by atoms with Gasteiger partial charge in [-0.1, -0.05) is 20.8 Å². The average Bonchev–Trinajstić information content (AvgIpc) is 2.87. The predicted molar refractivity (Wildman–Crippen MR) is 80.8 cm³/mol. The molecule has 7 heteroatoms. The Labute approximate surface area is 121 Å². The second-order valence-corrected chi connectivity index (χ2v) is 6.14. The van der Waals surface area contributed by atoms with Crippen LogP contribution in [-0.4, -0.2) is 15.9 Å². The zero-order chi connectivity index (χ0) is 14.8. The summed E-state index contributed by atoms with van der Waals surface area (Å²) in [6.07, 6.45) is 1.56. The van der Waals surface area contributed by atoms with Gasteiger partial charge in [-0.3, -0.25) is 10.1 Å². The van der Waals surface area contributed by atoms with Crippen molar-refractivity contribution in [3.05, 3.63) is 35.0 Å². The smallest absolute Gasteiger partial charge is 0.261 e. The fraction of sp³-hybridized carbons (Fsp3) is 0.308. The van der Waals surface area contributed by atoms with Crippen LogP contribution in [0.4, 0.5) is 10.9 Å². The first-order chi connectivity index (χ1) is 9.41. The van der Waals surface area contributed by atoms with Crippen molar-refractivity contribution < 1.29 is 4.79 Å². The lowest BCUT2D eigenvalue weighted by molar-refractivity contribution is 0.102. The van der Waals surface area contributed by atoms with Crippen LogP contribution in [0.3, 0.4) is 0 Å². The third-order valence-corrected chi connectivity index (χ3v) is 3.44. The van der Waals surface area contributed by atoms with Gasteiger partial charge in [-0.15, -0.1) is 11.3 Å². The van der Waals surface area contributed by atoms with Crippen molar-refractivity contribution in [1.82, 2.24) is 9.97 Å². The maximum atomic E-state index is 12.2. The molecule has 2 rings (SSSR count). The lowest BCUT2D eigenvalue weighted by atomic mass is 9.93. The second kappa shape index (κ2) is 5.56. The SMILES string of the molecule is CC(C)(C)c1csc(NC(=O)c2cccnc2NN)n1. The Morgan fingerprint density at radius 1 is 1.40 bits per heavy atom. The van der Waals surface area contributed by atoms with Gasteiger partial charge in [0.25, 0.3) is 5.91 Å². The Hall–Kier alpha value is -1.99. The minimum atomic E-state index is -0.291. The highest BCUT2D eigenvalue weighted by molar-refractivity contribution is 7.14. The van der Waals surface area contributed by atoms with Gasteiger partial charge in [0, 0.05) is 17.0 Å². The molecule has 0 fully saturated rings. The molecule has 0 aliphatic rings. The molecule has 2 aromatic heterocycles. The van der Waals surface area contributed by atoms with Crippen molar-refractivity contribution in [2.75, 3.05) is 10.7 Å². The molecule has 6 nitrogen and oxygen atoms in total. The van der Waals surface area contributed by atoms with E-state index in [0.29, 0.717) is 16.5 Å². The molecule has 0 radical (unpaired) electrons. The van der Waals surface area contributed by atoms with Gasteiger partial charge < -0.3 is 5.43 Å². The van der Waals surface area contributed by atoms with Crippen molar-refractivity contribution in [3.63, 3.8) is 0 Å². The molecule has 0 bridgehead atoms. The first kappa shape index (κ1) is 14.4. The summed E-state index contributed by atoms with van der Waals surface area (Å²) in [6, 6.07) is 3.33. The number of anilines is 2. The Balaban J connectivity index is 2.18. The molecule has 20 heavy (non-hydrogen) atoms. The number of hydrazine groups is 1. The van der Waals surface area contributed by atoms with Crippen molar-refractivity contribution in [1.29, 1.82) is 0 Å². The van der Waals surface area contributed by atoms with Crippen LogP contribution >= 0.6 is 11.3 Å². The van der Waals surface area contributed by atoms with E-state index in [1.165, 1.54) is 11.3 Å². The van der Waals surface area contributed by atoms with E-state index in [1.54, 1.807) is 18.3 Å². The summed E-state index contributed by atoms with van der Waals surface area (Å²) in [6.45, 7) is 6.22. The van der Waals surface area contributed by atoms with Gasteiger partial charge in [-0.05, 0) is 12.1 Å². The lowest BCUT2D eigenvalue weighted by Crippen LogP contribution is -2.18. The van der Waals surface area contributed by atoms with Crippen molar-refractivity contribution in [2.24, 2.45) is 5.84 Å². The molecule has 0 aliphatic carbocycles. The summed E-state index contributed by atoms with van der Waals surface area (Å²) in [7, 11) is 0. The van der Waals surface area contributed by atoms with E-state index >= 15 is 0 Å². The number of nitrogen functional groups attached to an aromatic ring is 1. The van der Waals surface area contributed by atoms with Crippen LogP contribution in [0.2, 0.25) is 0 Å². The minimum Gasteiger partial charge on any atom is -0.308 e. The van der Waals surface area contributed by atoms with E-state index in [-0.39, 0.29) is 11.3 Å². The molecular formula is C13H17N5OS. The van der Waals surface area contributed by atoms with E-state index < -0.39 is 0 Å². The maximum absolute atomic E-state index is 12.2. The van der Waals surface area contributed by atoms with Crippen LogP contribution < -0.4 is 16.6 Å². The second-order valence-electron chi connectivity index (χ2n) is 5.29. The third-order valence-electron chi connectivity index (χ3n) is 2.68. The van der Waals surface area contributed by atoms with E-state index in [2.05, 4.69) is 41.5 Å². The van der Waals surface area contributed by atoms with E-state index in [9.17, 15) is 4.79 Å². The Morgan fingerprint density at radius 3 is 2.75 bits per heavy atom. The van der Waals surface area contributed by atoms with E-state index in [1.807, 2.05) is 5.38 Å². The largest absolute Gasteiger partial charge is 0.308 e. The summed E-state index contributed by atoms with van der Waals surface area (Å²) >= 11 is 1.40. The number of nitrogens with one attached hydrogen (secondary N) is 2. The number of amides is 1.